The summed E-state index contributed by atoms with van der Waals surface area (Å²) < 4.78 is 10.2. The van der Waals surface area contributed by atoms with Gasteiger partial charge in [-0.05, 0) is 11.4 Å². The van der Waals surface area contributed by atoms with Gasteiger partial charge in [0.2, 0.25) is 0 Å². The molecule has 0 aromatic heterocycles. The highest BCUT2D eigenvalue weighted by Crippen LogP contribution is 2.52. The van der Waals surface area contributed by atoms with E-state index >= 15 is 0 Å². The van der Waals surface area contributed by atoms with Gasteiger partial charge in [0.05, 0.1) is 0 Å². The lowest BCUT2D eigenvalue weighted by atomic mass is 10.5. The van der Waals surface area contributed by atoms with E-state index in [0.717, 1.165) is 0 Å². The predicted octanol–water partition coefficient (Wildman–Crippen LogP) is -3.14. The molecule has 0 amide bonds. The van der Waals surface area contributed by atoms with Gasteiger partial charge in [-0.3, -0.25) is 0 Å². The van der Waals surface area contributed by atoms with Gasteiger partial charge in [-0.2, -0.15) is 0 Å². The van der Waals surface area contributed by atoms with Gasteiger partial charge >= 0.3 is 6.80 Å². The summed E-state index contributed by atoms with van der Waals surface area (Å²) in [7, 11) is 0. The molecule has 8 nitrogen and oxygen atoms in total. The standard InChI is InChI=1S/C3H10NO3PS.4H2O/c1-3(2-4)9-8(5,6)7;;;;/h3H,2,4H2,1H3,(H2,5,6,7);4*1H2. The second-order valence-corrected chi connectivity index (χ2v) is 5.70. The van der Waals surface area contributed by atoms with Crippen molar-refractivity contribution in [3.05, 3.63) is 0 Å². The summed E-state index contributed by atoms with van der Waals surface area (Å²) >= 11 is 0.598. The van der Waals surface area contributed by atoms with Gasteiger partial charge in [-0.25, -0.2) is 4.57 Å². The summed E-state index contributed by atoms with van der Waals surface area (Å²) in [4.78, 5) is 16.7. The first-order valence-corrected chi connectivity index (χ1v) is 5.49. The summed E-state index contributed by atoms with van der Waals surface area (Å²) in [5, 5.41) is -0.175. The van der Waals surface area contributed by atoms with Gasteiger partial charge in [-0.1, -0.05) is 6.92 Å². The zero-order chi connectivity index (χ0) is 7.49. The van der Waals surface area contributed by atoms with E-state index in [2.05, 4.69) is 0 Å². The normalized spacial score (nSPS) is 10.8. The van der Waals surface area contributed by atoms with Crippen molar-refractivity contribution >= 4 is 18.2 Å². The number of hydrogen-bond donors (Lipinski definition) is 3. The Morgan fingerprint density at radius 3 is 1.69 bits per heavy atom. The molecule has 0 saturated carbocycles. The van der Waals surface area contributed by atoms with Gasteiger partial charge in [0.15, 0.2) is 0 Å². The topological polar surface area (TPSA) is 210 Å². The Bertz CT molecular complexity index is 129. The van der Waals surface area contributed by atoms with Crippen LogP contribution in [0.15, 0.2) is 0 Å². The van der Waals surface area contributed by atoms with Crippen LogP contribution >= 0.6 is 18.2 Å². The molecular formula is C3H18NO7PS. The molecular weight excluding hydrogens is 225 g/mol. The Balaban J connectivity index is -0.0000000533. The van der Waals surface area contributed by atoms with Crippen LogP contribution in [0.3, 0.4) is 0 Å². The van der Waals surface area contributed by atoms with Crippen molar-refractivity contribution in [1.82, 2.24) is 0 Å². The number of nitrogens with two attached hydrogens (primary N) is 1. The largest absolute Gasteiger partial charge is 0.412 e. The van der Waals surface area contributed by atoms with Crippen LogP contribution in [0.25, 0.3) is 0 Å². The van der Waals surface area contributed by atoms with Crippen LogP contribution in [-0.4, -0.2) is 43.5 Å². The van der Waals surface area contributed by atoms with Crippen LogP contribution in [-0.2, 0) is 4.57 Å². The third-order valence-corrected chi connectivity index (χ3v) is 3.38. The van der Waals surface area contributed by atoms with Crippen LogP contribution in [0.1, 0.15) is 6.92 Å². The minimum Gasteiger partial charge on any atom is -0.412 e. The van der Waals surface area contributed by atoms with Crippen LogP contribution in [0.4, 0.5) is 0 Å². The Labute approximate surface area is 79.7 Å². The van der Waals surface area contributed by atoms with Crippen LogP contribution in [0.5, 0.6) is 0 Å². The lowest BCUT2D eigenvalue weighted by Crippen LogP contribution is -2.11. The smallest absolute Gasteiger partial charge is 0.384 e. The molecule has 0 aromatic rings. The molecule has 0 aliphatic carbocycles. The maximum absolute atomic E-state index is 10.2. The molecule has 0 fully saturated rings. The van der Waals surface area contributed by atoms with Gasteiger partial charge in [0.1, 0.15) is 0 Å². The van der Waals surface area contributed by atoms with E-state index < -0.39 is 6.80 Å². The van der Waals surface area contributed by atoms with Crippen LogP contribution < -0.4 is 5.73 Å². The molecule has 0 aliphatic rings. The Kier molecular flexibility index (Phi) is 27.6. The fraction of sp³-hybridized carbons (Fsp3) is 1.00. The number of rotatable bonds is 3. The minimum atomic E-state index is -3.90. The molecule has 1 unspecified atom stereocenters. The van der Waals surface area contributed by atoms with E-state index in [4.69, 9.17) is 15.5 Å². The van der Waals surface area contributed by atoms with Crippen molar-refractivity contribution in [2.75, 3.05) is 6.54 Å². The fourth-order valence-corrected chi connectivity index (χ4v) is 2.50. The summed E-state index contributed by atoms with van der Waals surface area (Å²) in [5.74, 6) is 0. The summed E-state index contributed by atoms with van der Waals surface area (Å²) in [6, 6.07) is 0. The monoisotopic (exact) mass is 243 g/mol. The van der Waals surface area contributed by atoms with E-state index in [-0.39, 0.29) is 33.7 Å². The lowest BCUT2D eigenvalue weighted by molar-refractivity contribution is 0.396. The predicted molar refractivity (Wildman–Crippen MR) is 52.6 cm³/mol. The lowest BCUT2D eigenvalue weighted by Gasteiger charge is -2.07. The Morgan fingerprint density at radius 2 is 1.62 bits per heavy atom. The van der Waals surface area contributed by atoms with Gasteiger partial charge in [0, 0.05) is 11.8 Å². The first kappa shape index (κ1) is 29.2. The average Bonchev–Trinajstić information content (AvgIpc) is 1.62. The highest BCUT2D eigenvalue weighted by atomic mass is 32.7. The summed E-state index contributed by atoms with van der Waals surface area (Å²) in [5.41, 5.74) is 5.12. The first-order chi connectivity index (χ1) is 3.95. The molecule has 0 rings (SSSR count). The van der Waals surface area contributed by atoms with E-state index in [0.29, 0.717) is 11.4 Å². The maximum atomic E-state index is 10.2. The molecule has 0 aromatic carbocycles. The third-order valence-electron chi connectivity index (χ3n) is 0.649. The molecule has 0 aliphatic heterocycles. The molecule has 1 atom stereocenters. The average molecular weight is 243 g/mol. The van der Waals surface area contributed by atoms with Crippen molar-refractivity contribution in [2.24, 2.45) is 5.73 Å². The minimum absolute atomic E-state index is 0. The zero-order valence-electron chi connectivity index (χ0n) is 7.02. The van der Waals surface area contributed by atoms with Crippen LogP contribution in [0, 0.1) is 0 Å². The van der Waals surface area contributed by atoms with Crippen molar-refractivity contribution in [1.29, 1.82) is 0 Å². The summed E-state index contributed by atoms with van der Waals surface area (Å²) in [6.07, 6.45) is 0. The Morgan fingerprint density at radius 1 is 1.31 bits per heavy atom. The molecule has 10 heteroatoms. The third kappa shape index (κ3) is 24.5. The fourth-order valence-electron chi connectivity index (χ4n) is 0.277. The van der Waals surface area contributed by atoms with Gasteiger partial charge in [-0.15, -0.1) is 0 Å². The van der Waals surface area contributed by atoms with E-state index in [9.17, 15) is 4.57 Å². The van der Waals surface area contributed by atoms with Gasteiger partial charge < -0.3 is 37.4 Å². The zero-order valence-corrected chi connectivity index (χ0v) is 8.73. The first-order valence-electron chi connectivity index (χ1n) is 2.39. The van der Waals surface area contributed by atoms with E-state index in [1.165, 1.54) is 0 Å². The molecule has 88 valence electrons. The Hall–Kier alpha value is 0.300. The summed E-state index contributed by atoms with van der Waals surface area (Å²) in [6.45, 7) is -1.94. The quantitative estimate of drug-likeness (QED) is 0.437. The SMILES string of the molecule is CC(CN)SP(=O)(O)O.O.O.O.O. The molecule has 13 heavy (non-hydrogen) atoms. The highest BCUT2D eigenvalue weighted by Gasteiger charge is 2.17. The van der Waals surface area contributed by atoms with Crippen molar-refractivity contribution in [3.63, 3.8) is 0 Å². The van der Waals surface area contributed by atoms with E-state index in [1.54, 1.807) is 6.92 Å². The molecule has 12 N–H and O–H groups in total. The van der Waals surface area contributed by atoms with Crippen molar-refractivity contribution < 1.29 is 36.3 Å². The van der Waals surface area contributed by atoms with Crippen LogP contribution in [0.2, 0.25) is 0 Å². The molecule has 0 radical (unpaired) electrons. The molecule has 0 saturated heterocycles. The van der Waals surface area contributed by atoms with Gasteiger partial charge in [0.25, 0.3) is 0 Å². The highest BCUT2D eigenvalue weighted by molar-refractivity contribution is 8.54. The second-order valence-electron chi connectivity index (χ2n) is 1.64. The van der Waals surface area contributed by atoms with Crippen molar-refractivity contribution in [2.45, 2.75) is 12.2 Å². The second kappa shape index (κ2) is 12.3. The molecule has 0 bridgehead atoms. The van der Waals surface area contributed by atoms with E-state index in [1.807, 2.05) is 0 Å². The maximum Gasteiger partial charge on any atom is 0.384 e. The number of hydrogen-bond acceptors (Lipinski definition) is 3. The molecule has 0 heterocycles. The van der Waals surface area contributed by atoms with Crippen molar-refractivity contribution in [3.8, 4) is 0 Å². The molecule has 0 spiro atoms.